The zero-order chi connectivity index (χ0) is 41.6. The molecule has 2 heterocycles. The number of nitrogens with zero attached hydrogens (tertiary/aromatic N) is 3. The number of hydrogen-bond donors (Lipinski definition) is 1. The topological polar surface area (TPSA) is 119 Å². The minimum absolute atomic E-state index is 0.00628. The highest BCUT2D eigenvalue weighted by Gasteiger charge is 2.43. The number of rotatable bonds is 14. The van der Waals surface area contributed by atoms with Gasteiger partial charge in [-0.1, -0.05) is 54.6 Å². The number of para-hydroxylation sites is 1. The van der Waals surface area contributed by atoms with E-state index >= 15 is 4.79 Å². The van der Waals surface area contributed by atoms with Gasteiger partial charge in [0.25, 0.3) is 0 Å². The van der Waals surface area contributed by atoms with Crippen LogP contribution in [0.25, 0.3) is 22.0 Å². The largest absolute Gasteiger partial charge is 0.460 e. The SMILES string of the molecule is COCCCn1cc(CN(C(=O)[C@H]2CN(C(=O)OC(C)(C)C)CC[C@@H]2c2cccc(-c3ccc(NC(=O)CCC(=O)OC(C)(C)C)cc3)c2)C2CC2)c2ccccc21. The van der Waals surface area contributed by atoms with Crippen LogP contribution in [0.2, 0.25) is 0 Å². The van der Waals surface area contributed by atoms with E-state index in [1.165, 1.54) is 0 Å². The first-order chi connectivity index (χ1) is 27.6. The summed E-state index contributed by atoms with van der Waals surface area (Å²) in [7, 11) is 1.72. The Morgan fingerprint density at radius 1 is 0.828 bits per heavy atom. The normalized spacial score (nSPS) is 17.2. The van der Waals surface area contributed by atoms with Gasteiger partial charge in [-0.2, -0.15) is 0 Å². The maximum absolute atomic E-state index is 15.1. The predicted molar refractivity (Wildman–Crippen MR) is 226 cm³/mol. The number of aryl methyl sites for hydroxylation is 1. The highest BCUT2D eigenvalue weighted by molar-refractivity contribution is 5.93. The van der Waals surface area contributed by atoms with Crippen molar-refractivity contribution in [2.75, 3.05) is 32.1 Å². The van der Waals surface area contributed by atoms with Crippen LogP contribution in [0.3, 0.4) is 0 Å². The molecule has 1 N–H and O–H groups in total. The Kier molecular flexibility index (Phi) is 13.3. The van der Waals surface area contributed by atoms with E-state index in [9.17, 15) is 14.4 Å². The van der Waals surface area contributed by atoms with Crippen molar-refractivity contribution in [2.45, 2.75) is 116 Å². The molecule has 3 aromatic carbocycles. The highest BCUT2D eigenvalue weighted by atomic mass is 16.6. The molecule has 4 aromatic rings. The minimum Gasteiger partial charge on any atom is -0.460 e. The summed E-state index contributed by atoms with van der Waals surface area (Å²) in [5.74, 6) is -1.19. The average molecular weight is 793 g/mol. The van der Waals surface area contributed by atoms with Crippen LogP contribution in [0.5, 0.6) is 0 Å². The average Bonchev–Trinajstić information content (AvgIpc) is 3.96. The van der Waals surface area contributed by atoms with E-state index in [0.29, 0.717) is 31.8 Å². The van der Waals surface area contributed by atoms with Gasteiger partial charge in [0.15, 0.2) is 0 Å². The molecule has 1 saturated heterocycles. The first-order valence-electron chi connectivity index (χ1n) is 20.6. The van der Waals surface area contributed by atoms with Crippen LogP contribution in [0.1, 0.15) is 97.1 Å². The molecule has 310 valence electrons. The Labute approximate surface area is 343 Å². The van der Waals surface area contributed by atoms with E-state index in [-0.39, 0.29) is 43.2 Å². The first-order valence-corrected chi connectivity index (χ1v) is 20.6. The molecule has 1 aliphatic carbocycles. The van der Waals surface area contributed by atoms with Gasteiger partial charge >= 0.3 is 12.1 Å². The minimum atomic E-state index is -0.655. The van der Waals surface area contributed by atoms with Crippen LogP contribution in [0.4, 0.5) is 10.5 Å². The van der Waals surface area contributed by atoms with E-state index in [1.54, 1.807) is 32.8 Å². The standard InChI is InChI=1S/C47H60N4O7/c1-46(2,3)57-43(53)23-22-42(52)48-36-18-16-32(17-19-36)33-12-10-13-34(28-33)38-24-26-50(45(55)58-47(4,5)6)31-40(38)44(54)51(37-20-21-37)30-35-29-49(25-11-27-56-7)41-15-9-8-14-39(35)41/h8-10,12-19,28-29,37-38,40H,11,20-27,30-31H2,1-7H3,(H,48,52)/t38-,40+/m1/s1. The number of piperidine rings is 1. The second kappa shape index (κ2) is 18.2. The molecule has 2 fully saturated rings. The molecule has 0 bridgehead atoms. The van der Waals surface area contributed by atoms with Gasteiger partial charge in [0.2, 0.25) is 11.8 Å². The maximum Gasteiger partial charge on any atom is 0.410 e. The van der Waals surface area contributed by atoms with Crippen LogP contribution >= 0.6 is 0 Å². The van der Waals surface area contributed by atoms with Crippen molar-refractivity contribution in [1.29, 1.82) is 0 Å². The molecule has 6 rings (SSSR count). The number of anilines is 1. The molecule has 1 aliphatic heterocycles. The molecule has 0 radical (unpaired) electrons. The summed E-state index contributed by atoms with van der Waals surface area (Å²) < 4.78 is 18.7. The summed E-state index contributed by atoms with van der Waals surface area (Å²) in [5, 5.41) is 4.02. The summed E-state index contributed by atoms with van der Waals surface area (Å²) in [6.45, 7) is 13.7. The Hall–Kier alpha value is -5.16. The molecule has 11 nitrogen and oxygen atoms in total. The molecular formula is C47H60N4O7. The van der Waals surface area contributed by atoms with Crippen molar-refractivity contribution in [3.8, 4) is 11.1 Å². The van der Waals surface area contributed by atoms with Crippen molar-refractivity contribution in [3.63, 3.8) is 0 Å². The summed E-state index contributed by atoms with van der Waals surface area (Å²) in [4.78, 5) is 57.0. The molecule has 11 heteroatoms. The Morgan fingerprint density at radius 3 is 2.24 bits per heavy atom. The van der Waals surface area contributed by atoms with Gasteiger partial charge in [-0.3, -0.25) is 14.4 Å². The monoisotopic (exact) mass is 792 g/mol. The summed E-state index contributed by atoms with van der Waals surface area (Å²) in [6.07, 6.45) is 5.26. The molecule has 1 saturated carbocycles. The molecule has 0 spiro atoms. The molecule has 3 amide bonds. The summed E-state index contributed by atoms with van der Waals surface area (Å²) in [6, 6.07) is 24.5. The third kappa shape index (κ3) is 11.3. The number of ether oxygens (including phenoxy) is 3. The van der Waals surface area contributed by atoms with E-state index in [4.69, 9.17) is 14.2 Å². The van der Waals surface area contributed by atoms with Crippen LogP contribution in [0, 0.1) is 5.92 Å². The van der Waals surface area contributed by atoms with Crippen LogP contribution < -0.4 is 5.32 Å². The fraction of sp³-hybridized carbons (Fsp3) is 0.489. The zero-order valence-electron chi connectivity index (χ0n) is 35.2. The number of aromatic nitrogens is 1. The lowest BCUT2D eigenvalue weighted by Crippen LogP contribution is -2.51. The van der Waals surface area contributed by atoms with Crippen molar-refractivity contribution in [1.82, 2.24) is 14.4 Å². The summed E-state index contributed by atoms with van der Waals surface area (Å²) in [5.41, 5.74) is 4.64. The second-order valence-corrected chi connectivity index (χ2v) is 17.7. The van der Waals surface area contributed by atoms with Gasteiger partial charge in [0, 0.05) is 75.1 Å². The lowest BCUT2D eigenvalue weighted by Gasteiger charge is -2.40. The fourth-order valence-corrected chi connectivity index (χ4v) is 7.80. The number of methoxy groups -OCH3 is 1. The molecule has 2 atom stereocenters. The molecular weight excluding hydrogens is 733 g/mol. The quantitative estimate of drug-likeness (QED) is 0.100. The van der Waals surface area contributed by atoms with Crippen molar-refractivity contribution in [2.24, 2.45) is 5.92 Å². The molecule has 2 aliphatic rings. The predicted octanol–water partition coefficient (Wildman–Crippen LogP) is 8.94. The van der Waals surface area contributed by atoms with E-state index in [1.807, 2.05) is 57.2 Å². The van der Waals surface area contributed by atoms with Crippen LogP contribution in [-0.4, -0.2) is 82.3 Å². The lowest BCUT2D eigenvalue weighted by atomic mass is 9.79. The van der Waals surface area contributed by atoms with Gasteiger partial charge in [0.1, 0.15) is 11.2 Å². The van der Waals surface area contributed by atoms with Crippen LogP contribution in [-0.2, 0) is 41.7 Å². The number of amides is 3. The lowest BCUT2D eigenvalue weighted by molar-refractivity contribution is -0.155. The number of carbonyl (C=O) groups is 4. The van der Waals surface area contributed by atoms with Crippen molar-refractivity contribution >= 4 is 40.5 Å². The number of carbonyl (C=O) groups excluding carboxylic acids is 4. The second-order valence-electron chi connectivity index (χ2n) is 17.7. The zero-order valence-corrected chi connectivity index (χ0v) is 35.2. The van der Waals surface area contributed by atoms with E-state index in [0.717, 1.165) is 59.0 Å². The first kappa shape index (κ1) is 42.4. The molecule has 58 heavy (non-hydrogen) atoms. The fourth-order valence-electron chi connectivity index (χ4n) is 7.80. The highest BCUT2D eigenvalue weighted by Crippen LogP contribution is 2.40. The van der Waals surface area contributed by atoms with Crippen LogP contribution in [0.15, 0.2) is 79.0 Å². The number of likely N-dealkylation sites (tertiary alicyclic amines) is 1. The molecule has 0 unspecified atom stereocenters. The summed E-state index contributed by atoms with van der Waals surface area (Å²) >= 11 is 0. The van der Waals surface area contributed by atoms with E-state index in [2.05, 4.69) is 57.4 Å². The molecule has 1 aromatic heterocycles. The van der Waals surface area contributed by atoms with E-state index < -0.39 is 29.2 Å². The number of fused-ring (bicyclic) bond motifs is 1. The van der Waals surface area contributed by atoms with Gasteiger partial charge < -0.3 is 33.9 Å². The van der Waals surface area contributed by atoms with Gasteiger partial charge in [-0.05, 0) is 114 Å². The van der Waals surface area contributed by atoms with Gasteiger partial charge in [0.05, 0.1) is 12.3 Å². The smallest absolute Gasteiger partial charge is 0.410 e. The maximum atomic E-state index is 15.1. The van der Waals surface area contributed by atoms with Gasteiger partial charge in [-0.25, -0.2) is 4.79 Å². The number of esters is 1. The number of benzene rings is 3. The van der Waals surface area contributed by atoms with Crippen molar-refractivity contribution < 1.29 is 33.4 Å². The van der Waals surface area contributed by atoms with Crippen molar-refractivity contribution in [3.05, 3.63) is 90.1 Å². The van der Waals surface area contributed by atoms with Gasteiger partial charge in [-0.15, -0.1) is 0 Å². The Morgan fingerprint density at radius 2 is 1.55 bits per heavy atom. The number of hydrogen-bond acceptors (Lipinski definition) is 7. The third-order valence-electron chi connectivity index (χ3n) is 10.6. The third-order valence-corrected chi connectivity index (χ3v) is 10.6. The Balaban J connectivity index is 1.22. The Bertz CT molecular complexity index is 2070. The number of nitrogens with one attached hydrogen (secondary N) is 1.